The number of carbonyl (C=O) groups is 1. The number of allylic oxidation sites excluding steroid dienone is 1. The van der Waals surface area contributed by atoms with Crippen molar-refractivity contribution in [3.8, 4) is 5.75 Å². The van der Waals surface area contributed by atoms with E-state index in [0.717, 1.165) is 5.56 Å². The Bertz CT molecular complexity index is 687. The van der Waals surface area contributed by atoms with Crippen molar-refractivity contribution in [3.63, 3.8) is 0 Å². The standard InChI is InChI=1S/C19H20O3/c1-19(2,3)15-8-4-13(5-9-15)17(21)12-18(22)14-6-10-16(20)11-7-14/h4-12,20,22H,1-3H3. The number of hydrogen-bond acceptors (Lipinski definition) is 3. The van der Waals surface area contributed by atoms with Crippen molar-refractivity contribution in [2.45, 2.75) is 26.2 Å². The maximum Gasteiger partial charge on any atom is 0.189 e. The highest BCUT2D eigenvalue weighted by Gasteiger charge is 2.14. The molecule has 0 bridgehead atoms. The fourth-order valence-electron chi connectivity index (χ4n) is 2.06. The van der Waals surface area contributed by atoms with Crippen LogP contribution in [0.3, 0.4) is 0 Å². The molecule has 0 heterocycles. The topological polar surface area (TPSA) is 57.5 Å². The van der Waals surface area contributed by atoms with Crippen LogP contribution in [0.4, 0.5) is 0 Å². The number of phenols is 1. The average molecular weight is 296 g/mol. The van der Waals surface area contributed by atoms with E-state index in [1.807, 2.05) is 12.1 Å². The SMILES string of the molecule is CC(C)(C)c1ccc(C(=O)C=C(O)c2ccc(O)cc2)cc1. The summed E-state index contributed by atoms with van der Waals surface area (Å²) in [5, 5.41) is 19.2. The summed E-state index contributed by atoms with van der Waals surface area (Å²) < 4.78 is 0. The van der Waals surface area contributed by atoms with Gasteiger partial charge in [-0.2, -0.15) is 0 Å². The molecule has 0 aromatic heterocycles. The van der Waals surface area contributed by atoms with Gasteiger partial charge in [0.2, 0.25) is 0 Å². The lowest BCUT2D eigenvalue weighted by molar-refractivity contribution is 0.104. The Hall–Kier alpha value is -2.55. The van der Waals surface area contributed by atoms with Gasteiger partial charge >= 0.3 is 0 Å². The van der Waals surface area contributed by atoms with Crippen LogP contribution in [0.25, 0.3) is 5.76 Å². The Morgan fingerprint density at radius 2 is 1.41 bits per heavy atom. The maximum absolute atomic E-state index is 12.2. The highest BCUT2D eigenvalue weighted by molar-refractivity contribution is 6.07. The van der Waals surface area contributed by atoms with Gasteiger partial charge in [0.25, 0.3) is 0 Å². The molecular formula is C19H20O3. The quantitative estimate of drug-likeness (QED) is 0.499. The van der Waals surface area contributed by atoms with Crippen LogP contribution < -0.4 is 0 Å². The van der Waals surface area contributed by atoms with Gasteiger partial charge in [0.15, 0.2) is 5.78 Å². The Morgan fingerprint density at radius 3 is 1.91 bits per heavy atom. The maximum atomic E-state index is 12.2. The Labute approximate surface area is 130 Å². The summed E-state index contributed by atoms with van der Waals surface area (Å²) in [4.78, 5) is 12.2. The summed E-state index contributed by atoms with van der Waals surface area (Å²) in [5.41, 5.74) is 2.19. The number of carbonyl (C=O) groups excluding carboxylic acids is 1. The van der Waals surface area contributed by atoms with Crippen molar-refractivity contribution < 1.29 is 15.0 Å². The van der Waals surface area contributed by atoms with Gasteiger partial charge in [-0.05, 0) is 35.2 Å². The van der Waals surface area contributed by atoms with E-state index in [0.29, 0.717) is 11.1 Å². The van der Waals surface area contributed by atoms with E-state index in [1.165, 1.54) is 18.2 Å². The zero-order valence-electron chi connectivity index (χ0n) is 13.0. The average Bonchev–Trinajstić information content (AvgIpc) is 2.47. The second-order valence-electron chi connectivity index (χ2n) is 6.27. The van der Waals surface area contributed by atoms with Gasteiger partial charge in [-0.15, -0.1) is 0 Å². The second kappa shape index (κ2) is 6.06. The van der Waals surface area contributed by atoms with Gasteiger partial charge in [-0.3, -0.25) is 4.79 Å². The number of hydrogen-bond donors (Lipinski definition) is 2. The third kappa shape index (κ3) is 3.76. The van der Waals surface area contributed by atoms with Crippen LogP contribution in [-0.2, 0) is 5.41 Å². The highest BCUT2D eigenvalue weighted by atomic mass is 16.3. The van der Waals surface area contributed by atoms with Crippen molar-refractivity contribution in [1.29, 1.82) is 0 Å². The summed E-state index contributed by atoms with van der Waals surface area (Å²) in [6.45, 7) is 6.33. The Balaban J connectivity index is 2.21. The van der Waals surface area contributed by atoms with Crippen LogP contribution in [0.5, 0.6) is 5.75 Å². The molecule has 0 saturated carbocycles. The van der Waals surface area contributed by atoms with Crippen molar-refractivity contribution in [2.75, 3.05) is 0 Å². The summed E-state index contributed by atoms with van der Waals surface area (Å²) in [6.07, 6.45) is 1.19. The number of aliphatic hydroxyl groups excluding tert-OH is 1. The molecule has 2 aromatic carbocycles. The minimum absolute atomic E-state index is 0.0333. The molecule has 0 aliphatic rings. The van der Waals surface area contributed by atoms with Crippen molar-refractivity contribution in [3.05, 3.63) is 71.3 Å². The molecule has 0 radical (unpaired) electrons. The van der Waals surface area contributed by atoms with Crippen LogP contribution in [0.15, 0.2) is 54.6 Å². The minimum Gasteiger partial charge on any atom is -0.508 e. The predicted octanol–water partition coefficient (Wildman–Crippen LogP) is 4.47. The second-order valence-corrected chi connectivity index (χ2v) is 6.27. The first-order valence-corrected chi connectivity index (χ1v) is 7.12. The molecule has 3 heteroatoms. The summed E-state index contributed by atoms with van der Waals surface area (Å²) in [6, 6.07) is 13.4. The molecule has 3 nitrogen and oxygen atoms in total. The number of benzene rings is 2. The molecule has 0 aliphatic carbocycles. The molecule has 2 N–H and O–H groups in total. The van der Waals surface area contributed by atoms with Crippen LogP contribution in [0, 0.1) is 0 Å². The number of phenolic OH excluding ortho intramolecular Hbond substituents is 1. The number of aromatic hydroxyl groups is 1. The first kappa shape index (κ1) is 15.8. The predicted molar refractivity (Wildman–Crippen MR) is 88.2 cm³/mol. The molecule has 0 fully saturated rings. The zero-order valence-corrected chi connectivity index (χ0v) is 13.0. The molecule has 0 saturated heterocycles. The molecular weight excluding hydrogens is 276 g/mol. The third-order valence-corrected chi connectivity index (χ3v) is 3.47. The molecule has 0 amide bonds. The van der Waals surface area contributed by atoms with Crippen LogP contribution in [0.2, 0.25) is 0 Å². The molecule has 22 heavy (non-hydrogen) atoms. The smallest absolute Gasteiger partial charge is 0.189 e. The molecule has 2 aromatic rings. The summed E-state index contributed by atoms with van der Waals surface area (Å²) >= 11 is 0. The van der Waals surface area contributed by atoms with Gasteiger partial charge in [-0.1, -0.05) is 45.0 Å². The first-order chi connectivity index (χ1) is 10.3. The van der Waals surface area contributed by atoms with E-state index < -0.39 is 0 Å². The fourth-order valence-corrected chi connectivity index (χ4v) is 2.06. The summed E-state index contributed by atoms with van der Waals surface area (Å²) in [7, 11) is 0. The largest absolute Gasteiger partial charge is 0.508 e. The lowest BCUT2D eigenvalue weighted by Gasteiger charge is -2.18. The van der Waals surface area contributed by atoms with Crippen LogP contribution >= 0.6 is 0 Å². The van der Waals surface area contributed by atoms with Crippen molar-refractivity contribution >= 4 is 11.5 Å². The normalized spacial score (nSPS) is 12.2. The highest BCUT2D eigenvalue weighted by Crippen LogP contribution is 2.23. The van der Waals surface area contributed by atoms with Gasteiger partial charge < -0.3 is 10.2 Å². The molecule has 0 atom stereocenters. The van der Waals surface area contributed by atoms with Crippen LogP contribution in [0.1, 0.15) is 42.3 Å². The van der Waals surface area contributed by atoms with E-state index in [9.17, 15) is 15.0 Å². The zero-order chi connectivity index (χ0) is 16.3. The Morgan fingerprint density at radius 1 is 0.909 bits per heavy atom. The van der Waals surface area contributed by atoms with E-state index in [2.05, 4.69) is 20.8 Å². The molecule has 114 valence electrons. The number of aliphatic hydroxyl groups is 1. The molecule has 0 aliphatic heterocycles. The lowest BCUT2D eigenvalue weighted by Crippen LogP contribution is -2.11. The third-order valence-electron chi connectivity index (χ3n) is 3.47. The van der Waals surface area contributed by atoms with Crippen molar-refractivity contribution in [1.82, 2.24) is 0 Å². The van der Waals surface area contributed by atoms with E-state index >= 15 is 0 Å². The molecule has 2 rings (SSSR count). The molecule has 0 unspecified atom stereocenters. The van der Waals surface area contributed by atoms with Gasteiger partial charge in [0.1, 0.15) is 11.5 Å². The first-order valence-electron chi connectivity index (χ1n) is 7.12. The van der Waals surface area contributed by atoms with Crippen molar-refractivity contribution in [2.24, 2.45) is 0 Å². The van der Waals surface area contributed by atoms with E-state index in [1.54, 1.807) is 24.3 Å². The minimum atomic E-state index is -0.258. The number of ketones is 1. The summed E-state index contributed by atoms with van der Waals surface area (Å²) in [5.74, 6) is -0.267. The number of rotatable bonds is 3. The van der Waals surface area contributed by atoms with Crippen LogP contribution in [-0.4, -0.2) is 16.0 Å². The van der Waals surface area contributed by atoms with E-state index in [-0.39, 0.29) is 22.7 Å². The van der Waals surface area contributed by atoms with Gasteiger partial charge in [0.05, 0.1) is 0 Å². The van der Waals surface area contributed by atoms with Gasteiger partial charge in [-0.25, -0.2) is 0 Å². The van der Waals surface area contributed by atoms with E-state index in [4.69, 9.17) is 0 Å². The molecule has 0 spiro atoms. The Kier molecular flexibility index (Phi) is 4.36. The lowest BCUT2D eigenvalue weighted by atomic mass is 9.86. The fraction of sp³-hybridized carbons (Fsp3) is 0.211. The van der Waals surface area contributed by atoms with Gasteiger partial charge in [0, 0.05) is 17.2 Å². The monoisotopic (exact) mass is 296 g/mol.